The second kappa shape index (κ2) is 6.91. The summed E-state index contributed by atoms with van der Waals surface area (Å²) in [5, 5.41) is 13.3. The molecule has 0 aliphatic carbocycles. The van der Waals surface area contributed by atoms with Crippen LogP contribution in [0.4, 0.5) is 5.69 Å². The molecule has 0 heterocycles. The molecule has 0 radical (unpaired) electrons. The molecule has 1 unspecified atom stereocenters. The first-order valence-corrected chi connectivity index (χ1v) is 5.69. The number of nitro benzene ring substituents is 1. The smallest absolute Gasteiger partial charge is 0.326 e. The van der Waals surface area contributed by atoms with Crippen LogP contribution < -0.4 is 10.1 Å². The van der Waals surface area contributed by atoms with Crippen molar-refractivity contribution in [2.45, 2.75) is 6.04 Å². The van der Waals surface area contributed by atoms with E-state index in [2.05, 4.69) is 10.1 Å². The molecule has 19 heavy (non-hydrogen) atoms. The van der Waals surface area contributed by atoms with Crippen LogP contribution in [0.1, 0.15) is 0 Å². The zero-order valence-corrected chi connectivity index (χ0v) is 11.1. The third-order valence-corrected chi connectivity index (χ3v) is 2.67. The molecular weight excluding hydrogens is 276 g/mol. The third kappa shape index (κ3) is 4.08. The van der Waals surface area contributed by atoms with E-state index in [0.29, 0.717) is 5.75 Å². The molecule has 1 aromatic carbocycles. The van der Waals surface area contributed by atoms with Crippen molar-refractivity contribution in [3.63, 3.8) is 0 Å². The minimum atomic E-state index is -0.626. The summed E-state index contributed by atoms with van der Waals surface area (Å²) in [6, 6.07) is 3.35. The lowest BCUT2D eigenvalue weighted by Gasteiger charge is -2.14. The Morgan fingerprint density at radius 1 is 1.58 bits per heavy atom. The summed E-state index contributed by atoms with van der Waals surface area (Å²) in [4.78, 5) is 21.3. The van der Waals surface area contributed by atoms with E-state index in [-0.39, 0.29) is 17.3 Å². The highest BCUT2D eigenvalue weighted by molar-refractivity contribution is 6.32. The number of nitrogens with zero attached hydrogens (tertiary/aromatic N) is 1. The van der Waals surface area contributed by atoms with Crippen LogP contribution in [-0.4, -0.2) is 37.7 Å². The third-order valence-electron chi connectivity index (χ3n) is 2.37. The van der Waals surface area contributed by atoms with Crippen LogP contribution in [-0.2, 0) is 9.53 Å². The van der Waals surface area contributed by atoms with Gasteiger partial charge in [0.25, 0.3) is 5.69 Å². The minimum Gasteiger partial charge on any atom is -0.491 e. The fraction of sp³-hybridized carbons (Fsp3) is 0.364. The van der Waals surface area contributed by atoms with Crippen LogP contribution in [0.25, 0.3) is 0 Å². The largest absolute Gasteiger partial charge is 0.491 e. The van der Waals surface area contributed by atoms with Crippen LogP contribution in [0, 0.1) is 10.1 Å². The molecule has 0 fully saturated rings. The first kappa shape index (κ1) is 15.2. The summed E-state index contributed by atoms with van der Waals surface area (Å²) in [5.74, 6) is -0.129. The molecule has 104 valence electrons. The van der Waals surface area contributed by atoms with E-state index in [4.69, 9.17) is 16.3 Å². The molecular formula is C11H13ClN2O5. The average molecular weight is 289 g/mol. The summed E-state index contributed by atoms with van der Waals surface area (Å²) in [6.45, 7) is 0.0251. The Kier molecular flexibility index (Phi) is 5.53. The van der Waals surface area contributed by atoms with Gasteiger partial charge in [-0.1, -0.05) is 11.6 Å². The number of nitrogens with one attached hydrogen (secondary N) is 1. The van der Waals surface area contributed by atoms with Gasteiger partial charge in [-0.3, -0.25) is 14.9 Å². The van der Waals surface area contributed by atoms with Crippen molar-refractivity contribution in [3.8, 4) is 5.75 Å². The molecule has 7 nitrogen and oxygen atoms in total. The lowest BCUT2D eigenvalue weighted by molar-refractivity contribution is -0.384. The fourth-order valence-electron chi connectivity index (χ4n) is 1.32. The molecule has 1 rings (SSSR count). The molecule has 0 aromatic heterocycles. The Hall–Kier alpha value is -1.86. The van der Waals surface area contributed by atoms with Crippen LogP contribution in [0.5, 0.6) is 5.75 Å². The van der Waals surface area contributed by atoms with Crippen molar-refractivity contribution >= 4 is 23.3 Å². The maximum atomic E-state index is 11.3. The van der Waals surface area contributed by atoms with Crippen molar-refractivity contribution in [2.75, 3.05) is 20.8 Å². The van der Waals surface area contributed by atoms with E-state index in [1.165, 1.54) is 25.3 Å². The number of carbonyl (C=O) groups excluding carboxylic acids is 1. The number of esters is 1. The Bertz CT molecular complexity index is 480. The highest BCUT2D eigenvalue weighted by Crippen LogP contribution is 2.28. The van der Waals surface area contributed by atoms with Crippen molar-refractivity contribution in [1.82, 2.24) is 5.32 Å². The second-order valence-corrected chi connectivity index (χ2v) is 3.95. The molecule has 0 saturated carbocycles. The van der Waals surface area contributed by atoms with Crippen LogP contribution in [0.2, 0.25) is 5.02 Å². The summed E-state index contributed by atoms with van der Waals surface area (Å²) >= 11 is 5.73. The van der Waals surface area contributed by atoms with E-state index >= 15 is 0 Å². The predicted molar refractivity (Wildman–Crippen MR) is 68.5 cm³/mol. The maximum absolute atomic E-state index is 11.3. The number of hydrogen-bond acceptors (Lipinski definition) is 6. The van der Waals surface area contributed by atoms with Gasteiger partial charge in [0.15, 0.2) is 0 Å². The molecule has 0 aliphatic rings. The Morgan fingerprint density at radius 2 is 2.26 bits per heavy atom. The van der Waals surface area contributed by atoms with E-state index in [1.807, 2.05) is 0 Å². The zero-order chi connectivity index (χ0) is 14.4. The molecule has 0 spiro atoms. The maximum Gasteiger partial charge on any atom is 0.326 e. The molecule has 0 amide bonds. The van der Waals surface area contributed by atoms with Crippen molar-refractivity contribution in [2.24, 2.45) is 0 Å². The SMILES string of the molecule is CNC(COc1ccc([N+](=O)[O-])c(Cl)c1)C(=O)OC. The molecule has 0 aliphatic heterocycles. The van der Waals surface area contributed by atoms with Gasteiger partial charge in [0, 0.05) is 12.1 Å². The quantitative estimate of drug-likeness (QED) is 0.483. The summed E-state index contributed by atoms with van der Waals surface area (Å²) in [5.41, 5.74) is -0.202. The van der Waals surface area contributed by atoms with Crippen LogP contribution in [0.3, 0.4) is 0 Å². The number of nitro groups is 1. The summed E-state index contributed by atoms with van der Waals surface area (Å²) in [7, 11) is 2.86. The number of carbonyl (C=O) groups is 1. The monoisotopic (exact) mass is 288 g/mol. The summed E-state index contributed by atoms with van der Waals surface area (Å²) < 4.78 is 9.90. The number of ether oxygens (including phenoxy) is 2. The predicted octanol–water partition coefficient (Wildman–Crippen LogP) is 1.39. The summed E-state index contributed by atoms with van der Waals surface area (Å²) in [6.07, 6.45) is 0. The van der Waals surface area contributed by atoms with E-state index in [1.54, 1.807) is 7.05 Å². The fourth-order valence-corrected chi connectivity index (χ4v) is 1.56. The Morgan fingerprint density at radius 3 is 2.74 bits per heavy atom. The van der Waals surface area contributed by atoms with Crippen LogP contribution >= 0.6 is 11.6 Å². The number of benzene rings is 1. The standard InChI is InChI=1S/C11H13ClN2O5/c1-13-9(11(15)18-2)6-19-7-3-4-10(14(16)17)8(12)5-7/h3-5,9,13H,6H2,1-2H3. The van der Waals surface area contributed by atoms with Gasteiger partial charge in [-0.05, 0) is 13.1 Å². The van der Waals surface area contributed by atoms with Crippen LogP contribution in [0.15, 0.2) is 18.2 Å². The van der Waals surface area contributed by atoms with Gasteiger partial charge in [-0.25, -0.2) is 0 Å². The first-order chi connectivity index (χ1) is 8.99. The Balaban J connectivity index is 2.70. The van der Waals surface area contributed by atoms with E-state index < -0.39 is 16.9 Å². The second-order valence-electron chi connectivity index (χ2n) is 3.55. The molecule has 0 bridgehead atoms. The lowest BCUT2D eigenvalue weighted by atomic mass is 10.3. The van der Waals surface area contributed by atoms with Crippen molar-refractivity contribution < 1.29 is 19.2 Å². The molecule has 8 heteroatoms. The number of halogens is 1. The normalized spacial score (nSPS) is 11.7. The van der Waals surface area contributed by atoms with Gasteiger partial charge in [-0.2, -0.15) is 0 Å². The van der Waals surface area contributed by atoms with Gasteiger partial charge >= 0.3 is 5.97 Å². The van der Waals surface area contributed by atoms with Gasteiger partial charge in [0.1, 0.15) is 23.4 Å². The van der Waals surface area contributed by atoms with Gasteiger partial charge in [-0.15, -0.1) is 0 Å². The first-order valence-electron chi connectivity index (χ1n) is 5.31. The number of methoxy groups -OCH3 is 1. The highest BCUT2D eigenvalue weighted by atomic mass is 35.5. The number of rotatable bonds is 6. The number of likely N-dealkylation sites (N-methyl/N-ethyl adjacent to an activating group) is 1. The Labute approximate surface area is 114 Å². The number of hydrogen-bond donors (Lipinski definition) is 1. The average Bonchev–Trinajstić information content (AvgIpc) is 2.38. The molecule has 1 aromatic rings. The van der Waals surface area contributed by atoms with Gasteiger partial charge in [0.05, 0.1) is 12.0 Å². The molecule has 1 atom stereocenters. The van der Waals surface area contributed by atoms with Crippen molar-refractivity contribution in [3.05, 3.63) is 33.3 Å². The minimum absolute atomic E-state index is 0.0251. The highest BCUT2D eigenvalue weighted by Gasteiger charge is 2.18. The molecule has 1 N–H and O–H groups in total. The van der Waals surface area contributed by atoms with Gasteiger partial charge in [0.2, 0.25) is 0 Å². The van der Waals surface area contributed by atoms with Gasteiger partial charge < -0.3 is 14.8 Å². The zero-order valence-electron chi connectivity index (χ0n) is 10.4. The topological polar surface area (TPSA) is 90.7 Å². The van der Waals surface area contributed by atoms with Crippen molar-refractivity contribution in [1.29, 1.82) is 0 Å². The molecule has 0 saturated heterocycles. The van der Waals surface area contributed by atoms with E-state index in [0.717, 1.165) is 0 Å². The lowest BCUT2D eigenvalue weighted by Crippen LogP contribution is -2.40. The van der Waals surface area contributed by atoms with E-state index in [9.17, 15) is 14.9 Å².